The summed E-state index contributed by atoms with van der Waals surface area (Å²) in [7, 11) is 1.81. The van der Waals surface area contributed by atoms with Gasteiger partial charge in [-0.3, -0.25) is 14.3 Å². The molecule has 1 aromatic rings. The molecule has 2 heterocycles. The van der Waals surface area contributed by atoms with E-state index >= 15 is 0 Å². The lowest BCUT2D eigenvalue weighted by Crippen LogP contribution is -2.45. The zero-order valence-corrected chi connectivity index (χ0v) is 12.1. The molecular formula is C14H22N4O2. The summed E-state index contributed by atoms with van der Waals surface area (Å²) >= 11 is 0. The fourth-order valence-electron chi connectivity index (χ4n) is 2.68. The molecule has 1 aliphatic heterocycles. The lowest BCUT2D eigenvalue weighted by molar-refractivity contribution is -0.119. The number of piperidine rings is 1. The lowest BCUT2D eigenvalue weighted by Gasteiger charge is -2.35. The minimum absolute atomic E-state index is 0.0223. The SMILES string of the molecule is CC(=O)NCCC1CCCCN1C(=O)c1cnn(C)c1. The molecule has 1 aliphatic rings. The van der Waals surface area contributed by atoms with E-state index in [1.165, 1.54) is 6.92 Å². The van der Waals surface area contributed by atoms with Crippen molar-refractivity contribution in [1.82, 2.24) is 20.0 Å². The van der Waals surface area contributed by atoms with Crippen molar-refractivity contribution in [2.24, 2.45) is 7.05 Å². The maximum absolute atomic E-state index is 12.5. The summed E-state index contributed by atoms with van der Waals surface area (Å²) in [5.74, 6) is 0.0246. The Hall–Kier alpha value is -1.85. The number of amides is 2. The molecule has 6 heteroatoms. The van der Waals surface area contributed by atoms with Crippen molar-refractivity contribution < 1.29 is 9.59 Å². The standard InChI is InChI=1S/C14H22N4O2/c1-11(19)15-7-6-13-5-3-4-8-18(13)14(20)12-9-16-17(2)10-12/h9-10,13H,3-8H2,1-2H3,(H,15,19). The highest BCUT2D eigenvalue weighted by molar-refractivity contribution is 5.94. The first-order chi connectivity index (χ1) is 9.58. The molecule has 0 aliphatic carbocycles. The molecule has 6 nitrogen and oxygen atoms in total. The monoisotopic (exact) mass is 278 g/mol. The Morgan fingerprint density at radius 2 is 2.25 bits per heavy atom. The van der Waals surface area contributed by atoms with Gasteiger partial charge >= 0.3 is 0 Å². The topological polar surface area (TPSA) is 67.2 Å². The first-order valence-corrected chi connectivity index (χ1v) is 7.12. The Labute approximate surface area is 119 Å². The number of carbonyl (C=O) groups excluding carboxylic acids is 2. The zero-order chi connectivity index (χ0) is 14.5. The summed E-state index contributed by atoms with van der Waals surface area (Å²) in [4.78, 5) is 25.4. The molecule has 0 spiro atoms. The molecule has 20 heavy (non-hydrogen) atoms. The van der Waals surface area contributed by atoms with Crippen LogP contribution in [0.1, 0.15) is 43.0 Å². The van der Waals surface area contributed by atoms with Crippen LogP contribution in [0.2, 0.25) is 0 Å². The van der Waals surface area contributed by atoms with Crippen LogP contribution in [0, 0.1) is 0 Å². The van der Waals surface area contributed by atoms with Crippen molar-refractivity contribution in [2.75, 3.05) is 13.1 Å². The van der Waals surface area contributed by atoms with E-state index in [1.54, 1.807) is 24.1 Å². The Balaban J connectivity index is 1.99. The fraction of sp³-hybridized carbons (Fsp3) is 0.643. The summed E-state index contributed by atoms with van der Waals surface area (Å²) in [5, 5.41) is 6.86. The first-order valence-electron chi connectivity index (χ1n) is 7.12. The zero-order valence-electron chi connectivity index (χ0n) is 12.1. The number of hydrogen-bond acceptors (Lipinski definition) is 3. The summed E-state index contributed by atoms with van der Waals surface area (Å²) in [6, 6.07) is 0.211. The van der Waals surface area contributed by atoms with E-state index in [4.69, 9.17) is 0 Å². The molecule has 0 bridgehead atoms. The molecule has 1 atom stereocenters. The van der Waals surface area contributed by atoms with Crippen molar-refractivity contribution in [3.05, 3.63) is 18.0 Å². The Morgan fingerprint density at radius 3 is 2.90 bits per heavy atom. The van der Waals surface area contributed by atoms with E-state index in [1.807, 2.05) is 4.90 Å². The fourth-order valence-corrected chi connectivity index (χ4v) is 2.68. The van der Waals surface area contributed by atoms with Gasteiger partial charge in [0.1, 0.15) is 0 Å². The number of likely N-dealkylation sites (tertiary alicyclic amines) is 1. The third-order valence-corrected chi connectivity index (χ3v) is 3.69. The molecule has 1 saturated heterocycles. The molecule has 1 unspecified atom stereocenters. The van der Waals surface area contributed by atoms with Gasteiger partial charge in [0, 0.05) is 39.3 Å². The van der Waals surface area contributed by atoms with Gasteiger partial charge in [0.2, 0.25) is 5.91 Å². The molecule has 1 N–H and O–H groups in total. The number of carbonyl (C=O) groups is 2. The smallest absolute Gasteiger partial charge is 0.257 e. The van der Waals surface area contributed by atoms with Crippen molar-refractivity contribution in [2.45, 2.75) is 38.6 Å². The van der Waals surface area contributed by atoms with Gasteiger partial charge in [-0.2, -0.15) is 5.10 Å². The van der Waals surface area contributed by atoms with Crippen molar-refractivity contribution in [3.63, 3.8) is 0 Å². The van der Waals surface area contributed by atoms with Crippen LogP contribution < -0.4 is 5.32 Å². The molecule has 0 radical (unpaired) electrons. The maximum atomic E-state index is 12.5. The molecular weight excluding hydrogens is 256 g/mol. The predicted molar refractivity (Wildman–Crippen MR) is 75.2 cm³/mol. The largest absolute Gasteiger partial charge is 0.356 e. The van der Waals surface area contributed by atoms with Crippen molar-refractivity contribution in [1.29, 1.82) is 0 Å². The number of rotatable bonds is 4. The van der Waals surface area contributed by atoms with Gasteiger partial charge in [0.25, 0.3) is 5.91 Å². The van der Waals surface area contributed by atoms with Crippen LogP contribution in [0.15, 0.2) is 12.4 Å². The second-order valence-electron chi connectivity index (χ2n) is 5.32. The van der Waals surface area contributed by atoms with Crippen LogP contribution in [0.25, 0.3) is 0 Å². The van der Waals surface area contributed by atoms with Gasteiger partial charge in [-0.25, -0.2) is 0 Å². The number of nitrogens with one attached hydrogen (secondary N) is 1. The van der Waals surface area contributed by atoms with E-state index in [-0.39, 0.29) is 17.9 Å². The summed E-state index contributed by atoms with van der Waals surface area (Å²) in [6.45, 7) is 2.93. The second kappa shape index (κ2) is 6.54. The van der Waals surface area contributed by atoms with E-state index < -0.39 is 0 Å². The van der Waals surface area contributed by atoms with E-state index in [0.717, 1.165) is 32.2 Å². The highest BCUT2D eigenvalue weighted by atomic mass is 16.2. The van der Waals surface area contributed by atoms with Gasteiger partial charge in [-0.1, -0.05) is 0 Å². The molecule has 110 valence electrons. The van der Waals surface area contributed by atoms with Gasteiger partial charge in [-0.15, -0.1) is 0 Å². The van der Waals surface area contributed by atoms with E-state index in [0.29, 0.717) is 12.1 Å². The average Bonchev–Trinajstić information content (AvgIpc) is 2.85. The Morgan fingerprint density at radius 1 is 1.45 bits per heavy atom. The number of nitrogens with zero attached hydrogens (tertiary/aromatic N) is 3. The van der Waals surface area contributed by atoms with Gasteiger partial charge in [0.05, 0.1) is 11.8 Å². The highest BCUT2D eigenvalue weighted by Gasteiger charge is 2.27. The second-order valence-corrected chi connectivity index (χ2v) is 5.32. The number of hydrogen-bond donors (Lipinski definition) is 1. The molecule has 0 saturated carbocycles. The van der Waals surface area contributed by atoms with Crippen LogP contribution in [0.4, 0.5) is 0 Å². The van der Waals surface area contributed by atoms with Crippen LogP contribution in [0.5, 0.6) is 0 Å². The van der Waals surface area contributed by atoms with Crippen molar-refractivity contribution in [3.8, 4) is 0 Å². The molecule has 0 aromatic carbocycles. The van der Waals surface area contributed by atoms with Crippen LogP contribution in [0.3, 0.4) is 0 Å². The highest BCUT2D eigenvalue weighted by Crippen LogP contribution is 2.21. The third-order valence-electron chi connectivity index (χ3n) is 3.69. The third kappa shape index (κ3) is 3.59. The summed E-state index contributed by atoms with van der Waals surface area (Å²) in [5.41, 5.74) is 0.638. The van der Waals surface area contributed by atoms with E-state index in [2.05, 4.69) is 10.4 Å². The summed E-state index contributed by atoms with van der Waals surface area (Å²) in [6.07, 6.45) is 7.37. The van der Waals surface area contributed by atoms with Gasteiger partial charge < -0.3 is 10.2 Å². The molecule has 2 amide bonds. The van der Waals surface area contributed by atoms with E-state index in [9.17, 15) is 9.59 Å². The minimum atomic E-state index is -0.0223. The lowest BCUT2D eigenvalue weighted by atomic mass is 9.98. The van der Waals surface area contributed by atoms with Crippen molar-refractivity contribution >= 4 is 11.8 Å². The van der Waals surface area contributed by atoms with Crippen LogP contribution in [-0.4, -0.2) is 45.6 Å². The Kier molecular flexibility index (Phi) is 4.76. The molecule has 1 fully saturated rings. The molecule has 2 rings (SSSR count). The minimum Gasteiger partial charge on any atom is -0.356 e. The van der Waals surface area contributed by atoms with Crippen LogP contribution in [-0.2, 0) is 11.8 Å². The summed E-state index contributed by atoms with van der Waals surface area (Å²) < 4.78 is 1.64. The van der Waals surface area contributed by atoms with Gasteiger partial charge in [0.15, 0.2) is 0 Å². The number of aromatic nitrogens is 2. The first kappa shape index (κ1) is 14.6. The Bertz CT molecular complexity index is 483. The quantitative estimate of drug-likeness (QED) is 0.891. The normalized spacial score (nSPS) is 18.9. The average molecular weight is 278 g/mol. The predicted octanol–water partition coefficient (Wildman–Crippen LogP) is 0.941. The van der Waals surface area contributed by atoms with Gasteiger partial charge in [-0.05, 0) is 25.7 Å². The molecule has 1 aromatic heterocycles. The van der Waals surface area contributed by atoms with Crippen LogP contribution >= 0.6 is 0 Å². The maximum Gasteiger partial charge on any atom is 0.257 e. The number of aryl methyl sites for hydroxylation is 1.